The van der Waals surface area contributed by atoms with Crippen molar-refractivity contribution in [3.8, 4) is 0 Å². The van der Waals surface area contributed by atoms with Crippen LogP contribution < -0.4 is 5.73 Å². The molecule has 2 N–H and O–H groups in total. The second kappa shape index (κ2) is 5.29. The SMILES string of the molecule is Nc1ccc2c(c1)CN(CCN1CCCCC1)C2. The summed E-state index contributed by atoms with van der Waals surface area (Å²) < 4.78 is 0. The summed E-state index contributed by atoms with van der Waals surface area (Å²) in [7, 11) is 0. The van der Waals surface area contributed by atoms with Gasteiger partial charge in [0.1, 0.15) is 0 Å². The second-order valence-corrected chi connectivity index (χ2v) is 5.64. The molecule has 0 amide bonds. The van der Waals surface area contributed by atoms with Crippen LogP contribution in [-0.4, -0.2) is 36.0 Å². The van der Waals surface area contributed by atoms with Gasteiger partial charge in [0.15, 0.2) is 0 Å². The van der Waals surface area contributed by atoms with E-state index in [1.54, 1.807) is 0 Å². The molecular weight excluding hydrogens is 222 g/mol. The van der Waals surface area contributed by atoms with Crippen LogP contribution in [0.5, 0.6) is 0 Å². The van der Waals surface area contributed by atoms with E-state index in [1.807, 2.05) is 6.07 Å². The van der Waals surface area contributed by atoms with Crippen molar-refractivity contribution in [2.75, 3.05) is 31.9 Å². The normalized spacial score (nSPS) is 21.1. The Morgan fingerprint density at radius 1 is 0.889 bits per heavy atom. The molecule has 18 heavy (non-hydrogen) atoms. The Morgan fingerprint density at radius 2 is 1.61 bits per heavy atom. The van der Waals surface area contributed by atoms with Crippen molar-refractivity contribution in [3.63, 3.8) is 0 Å². The standard InChI is InChI=1S/C15H23N3/c16-15-5-4-13-11-18(12-14(13)10-15)9-8-17-6-2-1-3-7-17/h4-5,10H,1-3,6-9,11-12,16H2. The van der Waals surface area contributed by atoms with Gasteiger partial charge >= 0.3 is 0 Å². The third-order valence-electron chi connectivity index (χ3n) is 4.20. The molecular formula is C15H23N3. The number of rotatable bonds is 3. The second-order valence-electron chi connectivity index (χ2n) is 5.64. The average Bonchev–Trinajstić information content (AvgIpc) is 2.79. The predicted octanol–water partition coefficient (Wildman–Crippen LogP) is 2.07. The molecule has 0 bridgehead atoms. The molecule has 1 aromatic carbocycles. The van der Waals surface area contributed by atoms with Crippen LogP contribution in [0.15, 0.2) is 18.2 Å². The quantitative estimate of drug-likeness (QED) is 0.828. The van der Waals surface area contributed by atoms with Crippen LogP contribution in [-0.2, 0) is 13.1 Å². The first-order valence-electron chi connectivity index (χ1n) is 7.13. The van der Waals surface area contributed by atoms with Gasteiger partial charge in [0, 0.05) is 31.9 Å². The van der Waals surface area contributed by atoms with Crippen molar-refractivity contribution in [2.45, 2.75) is 32.4 Å². The molecule has 2 heterocycles. The predicted molar refractivity (Wildman–Crippen MR) is 75.3 cm³/mol. The van der Waals surface area contributed by atoms with E-state index in [0.717, 1.165) is 18.8 Å². The van der Waals surface area contributed by atoms with E-state index in [4.69, 9.17) is 5.73 Å². The summed E-state index contributed by atoms with van der Waals surface area (Å²) in [5.41, 5.74) is 9.62. The highest BCUT2D eigenvalue weighted by molar-refractivity contribution is 5.46. The zero-order valence-electron chi connectivity index (χ0n) is 11.1. The first-order chi connectivity index (χ1) is 8.81. The number of nitrogens with zero attached hydrogens (tertiary/aromatic N) is 2. The van der Waals surface area contributed by atoms with Gasteiger partial charge in [-0.1, -0.05) is 12.5 Å². The van der Waals surface area contributed by atoms with Crippen LogP contribution in [0.1, 0.15) is 30.4 Å². The van der Waals surface area contributed by atoms with E-state index >= 15 is 0 Å². The van der Waals surface area contributed by atoms with E-state index in [1.165, 1.54) is 56.6 Å². The van der Waals surface area contributed by atoms with Gasteiger partial charge in [-0.25, -0.2) is 0 Å². The number of hydrogen-bond donors (Lipinski definition) is 1. The molecule has 3 rings (SSSR count). The topological polar surface area (TPSA) is 32.5 Å². The van der Waals surface area contributed by atoms with Crippen molar-refractivity contribution in [1.29, 1.82) is 0 Å². The molecule has 0 saturated carbocycles. The van der Waals surface area contributed by atoms with Crippen LogP contribution in [0.4, 0.5) is 5.69 Å². The van der Waals surface area contributed by atoms with Crippen LogP contribution in [0.3, 0.4) is 0 Å². The van der Waals surface area contributed by atoms with Gasteiger partial charge in [-0.05, 0) is 49.2 Å². The zero-order valence-corrected chi connectivity index (χ0v) is 11.1. The maximum atomic E-state index is 5.84. The molecule has 3 nitrogen and oxygen atoms in total. The lowest BCUT2D eigenvalue weighted by atomic mass is 10.1. The molecule has 0 atom stereocenters. The lowest BCUT2D eigenvalue weighted by Gasteiger charge is -2.28. The van der Waals surface area contributed by atoms with Crippen LogP contribution in [0, 0.1) is 0 Å². The lowest BCUT2D eigenvalue weighted by molar-refractivity contribution is 0.182. The van der Waals surface area contributed by atoms with Crippen molar-refractivity contribution in [2.24, 2.45) is 0 Å². The molecule has 0 aliphatic carbocycles. The maximum absolute atomic E-state index is 5.84. The van der Waals surface area contributed by atoms with Gasteiger partial charge in [-0.2, -0.15) is 0 Å². The number of piperidine rings is 1. The van der Waals surface area contributed by atoms with Crippen molar-refractivity contribution in [3.05, 3.63) is 29.3 Å². The smallest absolute Gasteiger partial charge is 0.0317 e. The Kier molecular flexibility index (Phi) is 3.52. The Labute approximate surface area is 110 Å². The first kappa shape index (κ1) is 12.0. The van der Waals surface area contributed by atoms with Gasteiger partial charge in [-0.15, -0.1) is 0 Å². The van der Waals surface area contributed by atoms with Crippen LogP contribution >= 0.6 is 0 Å². The van der Waals surface area contributed by atoms with E-state index in [2.05, 4.69) is 21.9 Å². The van der Waals surface area contributed by atoms with E-state index in [9.17, 15) is 0 Å². The summed E-state index contributed by atoms with van der Waals surface area (Å²) in [6, 6.07) is 6.34. The van der Waals surface area contributed by atoms with Crippen LogP contribution in [0.25, 0.3) is 0 Å². The summed E-state index contributed by atoms with van der Waals surface area (Å²) in [5.74, 6) is 0. The van der Waals surface area contributed by atoms with Gasteiger partial charge < -0.3 is 10.6 Å². The summed E-state index contributed by atoms with van der Waals surface area (Å²) >= 11 is 0. The summed E-state index contributed by atoms with van der Waals surface area (Å²) in [6.45, 7) is 7.19. The van der Waals surface area contributed by atoms with Gasteiger partial charge in [-0.3, -0.25) is 4.90 Å². The number of fused-ring (bicyclic) bond motifs is 1. The van der Waals surface area contributed by atoms with Crippen molar-refractivity contribution < 1.29 is 0 Å². The molecule has 98 valence electrons. The first-order valence-corrected chi connectivity index (χ1v) is 7.13. The summed E-state index contributed by atoms with van der Waals surface area (Å²) in [5, 5.41) is 0. The highest BCUT2D eigenvalue weighted by Crippen LogP contribution is 2.24. The summed E-state index contributed by atoms with van der Waals surface area (Å²) in [6.07, 6.45) is 4.19. The van der Waals surface area contributed by atoms with Crippen molar-refractivity contribution >= 4 is 5.69 Å². The number of nitrogen functional groups attached to an aromatic ring is 1. The highest BCUT2D eigenvalue weighted by Gasteiger charge is 2.19. The molecule has 1 aromatic rings. The minimum atomic E-state index is 0.895. The fourth-order valence-corrected chi connectivity index (χ4v) is 3.11. The van der Waals surface area contributed by atoms with Gasteiger partial charge in [0.2, 0.25) is 0 Å². The monoisotopic (exact) mass is 245 g/mol. The lowest BCUT2D eigenvalue weighted by Crippen LogP contribution is -2.36. The van der Waals surface area contributed by atoms with Gasteiger partial charge in [0.05, 0.1) is 0 Å². The minimum Gasteiger partial charge on any atom is -0.399 e. The third kappa shape index (κ3) is 2.68. The molecule has 1 fully saturated rings. The minimum absolute atomic E-state index is 0.895. The Balaban J connectivity index is 1.51. The number of anilines is 1. The average molecular weight is 245 g/mol. The number of likely N-dealkylation sites (tertiary alicyclic amines) is 1. The zero-order chi connectivity index (χ0) is 12.4. The summed E-state index contributed by atoms with van der Waals surface area (Å²) in [4.78, 5) is 5.15. The number of hydrogen-bond acceptors (Lipinski definition) is 3. The molecule has 0 unspecified atom stereocenters. The van der Waals surface area contributed by atoms with Crippen LogP contribution in [0.2, 0.25) is 0 Å². The molecule has 2 aliphatic rings. The Bertz CT molecular complexity index is 410. The molecule has 3 heteroatoms. The highest BCUT2D eigenvalue weighted by atomic mass is 15.2. The molecule has 2 aliphatic heterocycles. The third-order valence-corrected chi connectivity index (χ3v) is 4.20. The fourth-order valence-electron chi connectivity index (χ4n) is 3.11. The van der Waals surface area contributed by atoms with Crippen molar-refractivity contribution in [1.82, 2.24) is 9.80 Å². The largest absolute Gasteiger partial charge is 0.399 e. The maximum Gasteiger partial charge on any atom is 0.0317 e. The Hall–Kier alpha value is -1.06. The number of nitrogens with two attached hydrogens (primary N) is 1. The Morgan fingerprint density at radius 3 is 2.44 bits per heavy atom. The molecule has 0 spiro atoms. The molecule has 1 saturated heterocycles. The van der Waals surface area contributed by atoms with E-state index in [-0.39, 0.29) is 0 Å². The molecule has 0 radical (unpaired) electrons. The van der Waals surface area contributed by atoms with Gasteiger partial charge in [0.25, 0.3) is 0 Å². The molecule has 0 aromatic heterocycles. The van der Waals surface area contributed by atoms with E-state index < -0.39 is 0 Å². The van der Waals surface area contributed by atoms with E-state index in [0.29, 0.717) is 0 Å². The fraction of sp³-hybridized carbons (Fsp3) is 0.600. The number of benzene rings is 1.